The second kappa shape index (κ2) is 15.7. The summed E-state index contributed by atoms with van der Waals surface area (Å²) < 4.78 is 0. The van der Waals surface area contributed by atoms with Crippen LogP contribution >= 0.6 is 0 Å². The summed E-state index contributed by atoms with van der Waals surface area (Å²) in [5.41, 5.74) is 17.3. The molecule has 1 aliphatic rings. The number of nitrogens with two attached hydrogens (primary N) is 2. The summed E-state index contributed by atoms with van der Waals surface area (Å²) in [7, 11) is 0. The van der Waals surface area contributed by atoms with E-state index in [0.29, 0.717) is 43.9 Å². The van der Waals surface area contributed by atoms with Crippen LogP contribution in [0, 0.1) is 0 Å². The fraction of sp³-hybridized carbons (Fsp3) is 0.400. The largest absolute Gasteiger partial charge is 0.396 e. The van der Waals surface area contributed by atoms with Gasteiger partial charge in [0.25, 0.3) is 0 Å². The third-order valence-corrected chi connectivity index (χ3v) is 5.96. The Morgan fingerprint density at radius 2 is 2.06 bits per heavy atom. The van der Waals surface area contributed by atoms with E-state index in [1.807, 2.05) is 49.4 Å². The molecule has 1 heterocycles. The van der Waals surface area contributed by atoms with Crippen LogP contribution in [0.2, 0.25) is 0 Å². The Bertz CT molecular complexity index is 1030. The SMILES string of the molecule is C=C/C(=C\C=C\c1ccc2c(c1)N=C(N)CC(C(=O)N(CCC)CCCO)=C2)CC(=C)CCCCN. The minimum absolute atomic E-state index is 0.0491. The first-order valence-corrected chi connectivity index (χ1v) is 12.9. The first-order valence-electron chi connectivity index (χ1n) is 12.9. The van der Waals surface area contributed by atoms with Crippen LogP contribution in [-0.4, -0.2) is 48.0 Å². The molecule has 2 rings (SSSR count). The zero-order valence-electron chi connectivity index (χ0n) is 21.7. The highest BCUT2D eigenvalue weighted by Gasteiger charge is 2.21. The van der Waals surface area contributed by atoms with Crippen LogP contribution < -0.4 is 11.5 Å². The molecule has 0 saturated heterocycles. The van der Waals surface area contributed by atoms with Crippen LogP contribution in [0.4, 0.5) is 5.69 Å². The van der Waals surface area contributed by atoms with Gasteiger partial charge in [0.1, 0.15) is 5.84 Å². The predicted molar refractivity (Wildman–Crippen MR) is 153 cm³/mol. The molecule has 0 atom stereocenters. The van der Waals surface area contributed by atoms with Crippen molar-refractivity contribution in [2.24, 2.45) is 16.5 Å². The number of rotatable bonds is 15. The van der Waals surface area contributed by atoms with Gasteiger partial charge in [-0.15, -0.1) is 0 Å². The van der Waals surface area contributed by atoms with Crippen molar-refractivity contribution in [3.05, 3.63) is 77.4 Å². The van der Waals surface area contributed by atoms with Gasteiger partial charge in [-0.1, -0.05) is 62.1 Å². The average Bonchev–Trinajstić information content (AvgIpc) is 3.03. The summed E-state index contributed by atoms with van der Waals surface area (Å²) in [6, 6.07) is 5.96. The van der Waals surface area contributed by atoms with Crippen LogP contribution in [0.15, 0.2) is 71.3 Å². The number of carbonyl (C=O) groups is 1. The molecule has 0 saturated carbocycles. The Morgan fingerprint density at radius 3 is 2.75 bits per heavy atom. The van der Waals surface area contributed by atoms with E-state index in [4.69, 9.17) is 11.5 Å². The molecule has 1 aromatic rings. The molecule has 1 aromatic carbocycles. The summed E-state index contributed by atoms with van der Waals surface area (Å²) in [6.45, 7) is 12.1. The molecular weight excluding hydrogens is 448 g/mol. The first-order chi connectivity index (χ1) is 17.4. The van der Waals surface area contributed by atoms with Gasteiger partial charge in [0, 0.05) is 37.3 Å². The number of allylic oxidation sites excluding steroid dienone is 5. The molecule has 0 spiro atoms. The molecule has 36 heavy (non-hydrogen) atoms. The Hall–Kier alpha value is -3.22. The molecule has 0 unspecified atom stereocenters. The summed E-state index contributed by atoms with van der Waals surface area (Å²) in [5, 5.41) is 9.19. The number of aliphatic hydroxyl groups excluding tert-OH is 1. The lowest BCUT2D eigenvalue weighted by Crippen LogP contribution is -2.35. The standard InChI is InChI=1S/C30H42N4O2/c1-4-16-34(17-9-18-35)30(36)27-21-26-14-13-25(20-28(26)33-29(32)22-27)12-8-11-24(5-2)19-23(3)10-6-7-15-31/h5,8,11-14,20-21,35H,2-4,6-7,9-10,15-19,22,31H2,1H3,(H2,32,33)/b12-8+,24-11+. The average molecular weight is 491 g/mol. The maximum Gasteiger partial charge on any atom is 0.250 e. The van der Waals surface area contributed by atoms with Gasteiger partial charge in [-0.3, -0.25) is 4.79 Å². The van der Waals surface area contributed by atoms with Gasteiger partial charge in [0.05, 0.1) is 5.69 Å². The molecule has 194 valence electrons. The lowest BCUT2D eigenvalue weighted by atomic mass is 10.0. The monoisotopic (exact) mass is 490 g/mol. The molecule has 6 nitrogen and oxygen atoms in total. The number of benzene rings is 1. The normalized spacial score (nSPS) is 13.6. The topological polar surface area (TPSA) is 105 Å². The smallest absolute Gasteiger partial charge is 0.250 e. The summed E-state index contributed by atoms with van der Waals surface area (Å²) >= 11 is 0. The van der Waals surface area contributed by atoms with Crippen molar-refractivity contribution in [3.63, 3.8) is 0 Å². The molecule has 6 heteroatoms. The van der Waals surface area contributed by atoms with Gasteiger partial charge in [0.2, 0.25) is 5.91 Å². The van der Waals surface area contributed by atoms with Crippen LogP contribution in [0.5, 0.6) is 0 Å². The second-order valence-corrected chi connectivity index (χ2v) is 9.11. The van der Waals surface area contributed by atoms with E-state index >= 15 is 0 Å². The number of carbonyl (C=O) groups excluding carboxylic acids is 1. The van der Waals surface area contributed by atoms with Crippen molar-refractivity contribution < 1.29 is 9.90 Å². The number of nitrogens with zero attached hydrogens (tertiary/aromatic N) is 2. The van der Waals surface area contributed by atoms with Gasteiger partial charge in [-0.05, 0) is 68.3 Å². The van der Waals surface area contributed by atoms with Crippen molar-refractivity contribution >= 4 is 29.6 Å². The molecule has 5 N–H and O–H groups in total. The minimum atomic E-state index is -0.0491. The second-order valence-electron chi connectivity index (χ2n) is 9.11. The summed E-state index contributed by atoms with van der Waals surface area (Å²) in [4.78, 5) is 19.5. The van der Waals surface area contributed by atoms with E-state index in [1.54, 1.807) is 4.90 Å². The van der Waals surface area contributed by atoms with E-state index in [2.05, 4.69) is 24.2 Å². The third kappa shape index (κ3) is 9.44. The molecule has 1 amide bonds. The van der Waals surface area contributed by atoms with Crippen molar-refractivity contribution in [3.8, 4) is 0 Å². The minimum Gasteiger partial charge on any atom is -0.396 e. The molecule has 1 aliphatic heterocycles. The number of hydrogen-bond acceptors (Lipinski definition) is 5. The zero-order chi connectivity index (χ0) is 26.3. The van der Waals surface area contributed by atoms with E-state index < -0.39 is 0 Å². The van der Waals surface area contributed by atoms with Crippen molar-refractivity contribution in [1.82, 2.24) is 4.90 Å². The predicted octanol–water partition coefficient (Wildman–Crippen LogP) is 5.28. The quantitative estimate of drug-likeness (QED) is 0.177. The van der Waals surface area contributed by atoms with Crippen LogP contribution in [0.25, 0.3) is 12.2 Å². The molecule has 0 radical (unpaired) electrons. The maximum atomic E-state index is 13.2. The molecule has 0 fully saturated rings. The highest BCUT2D eigenvalue weighted by Crippen LogP contribution is 2.29. The Kier molecular flexibility index (Phi) is 12.7. The summed E-state index contributed by atoms with van der Waals surface area (Å²) in [6.07, 6.45) is 15.4. The van der Waals surface area contributed by atoms with Gasteiger partial charge < -0.3 is 21.5 Å². The molecule has 0 bridgehead atoms. The Labute approximate surface area is 216 Å². The van der Waals surface area contributed by atoms with E-state index in [9.17, 15) is 9.90 Å². The Balaban J connectivity index is 2.18. The fourth-order valence-corrected chi connectivity index (χ4v) is 4.08. The Morgan fingerprint density at radius 1 is 1.25 bits per heavy atom. The van der Waals surface area contributed by atoms with Gasteiger partial charge >= 0.3 is 0 Å². The van der Waals surface area contributed by atoms with E-state index in [-0.39, 0.29) is 12.5 Å². The molecular formula is C30H42N4O2. The molecule has 0 aromatic heterocycles. The lowest BCUT2D eigenvalue weighted by Gasteiger charge is -2.23. The van der Waals surface area contributed by atoms with Crippen LogP contribution in [0.3, 0.4) is 0 Å². The van der Waals surface area contributed by atoms with Crippen molar-refractivity contribution in [2.75, 3.05) is 26.2 Å². The zero-order valence-corrected chi connectivity index (χ0v) is 21.7. The molecule has 0 aliphatic carbocycles. The number of amides is 1. The number of aliphatic hydroxyl groups is 1. The fourth-order valence-electron chi connectivity index (χ4n) is 4.08. The van der Waals surface area contributed by atoms with E-state index in [0.717, 1.165) is 54.5 Å². The summed E-state index contributed by atoms with van der Waals surface area (Å²) in [5.74, 6) is 0.363. The van der Waals surface area contributed by atoms with Crippen molar-refractivity contribution in [2.45, 2.75) is 51.9 Å². The number of amidine groups is 1. The number of hydrogen-bond donors (Lipinski definition) is 3. The van der Waals surface area contributed by atoms with Gasteiger partial charge in [-0.25, -0.2) is 4.99 Å². The number of fused-ring (bicyclic) bond motifs is 1. The maximum absolute atomic E-state index is 13.2. The van der Waals surface area contributed by atoms with Crippen molar-refractivity contribution in [1.29, 1.82) is 0 Å². The highest BCUT2D eigenvalue weighted by atomic mass is 16.3. The van der Waals surface area contributed by atoms with Gasteiger partial charge in [-0.2, -0.15) is 0 Å². The highest BCUT2D eigenvalue weighted by molar-refractivity contribution is 6.05. The van der Waals surface area contributed by atoms with Gasteiger partial charge in [0.15, 0.2) is 0 Å². The lowest BCUT2D eigenvalue weighted by molar-refractivity contribution is -0.127. The van der Waals surface area contributed by atoms with Crippen LogP contribution in [0.1, 0.15) is 63.0 Å². The van der Waals surface area contributed by atoms with Crippen LogP contribution in [-0.2, 0) is 4.79 Å². The van der Waals surface area contributed by atoms with E-state index in [1.165, 1.54) is 5.57 Å². The number of aliphatic imine (C=N–C) groups is 1. The third-order valence-electron chi connectivity index (χ3n) is 5.96. The first kappa shape index (κ1) is 29.0. The number of unbranched alkanes of at least 4 members (excludes halogenated alkanes) is 1.